The molecule has 1 atom stereocenters. The highest BCUT2D eigenvalue weighted by atomic mass is 35.5. The summed E-state index contributed by atoms with van der Waals surface area (Å²) in [5.41, 5.74) is -0.299. The fraction of sp³-hybridized carbons (Fsp3) is 0.500. The van der Waals surface area contributed by atoms with Crippen molar-refractivity contribution in [2.75, 3.05) is 0 Å². The first-order chi connectivity index (χ1) is 9.30. The Bertz CT molecular complexity index is 617. The molecule has 2 rings (SSSR count). The van der Waals surface area contributed by atoms with Gasteiger partial charge < -0.3 is 5.11 Å². The van der Waals surface area contributed by atoms with Crippen LogP contribution in [0.2, 0.25) is 5.02 Å². The minimum absolute atomic E-state index is 0.0511. The van der Waals surface area contributed by atoms with Crippen LogP contribution in [0.5, 0.6) is 0 Å². The number of nitrogens with zero attached hydrogens (tertiary/aromatic N) is 4. The number of carboxylic acids is 1. The van der Waals surface area contributed by atoms with Crippen LogP contribution in [0, 0.1) is 5.41 Å². The van der Waals surface area contributed by atoms with Gasteiger partial charge in [-0.15, -0.1) is 16.4 Å². The molecule has 0 spiro atoms. The van der Waals surface area contributed by atoms with Gasteiger partial charge in [0, 0.05) is 0 Å². The highest BCUT2D eigenvalue weighted by Crippen LogP contribution is 2.38. The third-order valence-corrected chi connectivity index (χ3v) is 4.31. The zero-order valence-electron chi connectivity index (χ0n) is 11.4. The maximum Gasteiger partial charge on any atom is 0.305 e. The molecule has 0 fully saturated rings. The molecule has 0 aliphatic carbocycles. The molecule has 8 heteroatoms. The quantitative estimate of drug-likeness (QED) is 0.937. The van der Waals surface area contributed by atoms with E-state index in [0.29, 0.717) is 10.8 Å². The third-order valence-electron chi connectivity index (χ3n) is 2.98. The average Bonchev–Trinajstić information content (AvgIpc) is 2.92. The van der Waals surface area contributed by atoms with Crippen molar-refractivity contribution in [1.29, 1.82) is 0 Å². The molecule has 0 amide bonds. The summed E-state index contributed by atoms with van der Waals surface area (Å²) >= 11 is 7.54. The fourth-order valence-corrected chi connectivity index (χ4v) is 3.05. The molecule has 0 aromatic carbocycles. The summed E-state index contributed by atoms with van der Waals surface area (Å²) in [6, 6.07) is 1.41. The van der Waals surface area contributed by atoms with Gasteiger partial charge in [0.05, 0.1) is 22.4 Å². The number of hydrogen-bond acceptors (Lipinski definition) is 5. The molecule has 0 aliphatic rings. The van der Waals surface area contributed by atoms with E-state index in [9.17, 15) is 4.79 Å². The van der Waals surface area contributed by atoms with E-state index in [0.717, 1.165) is 4.88 Å². The number of hydrogen-bond donors (Lipinski definition) is 1. The maximum absolute atomic E-state index is 11.1. The lowest BCUT2D eigenvalue weighted by atomic mass is 9.85. The Kier molecular flexibility index (Phi) is 4.10. The summed E-state index contributed by atoms with van der Waals surface area (Å²) in [6.45, 7) is 5.88. The van der Waals surface area contributed by atoms with Crippen molar-refractivity contribution in [2.45, 2.75) is 33.2 Å². The molecule has 0 aliphatic heterocycles. The second kappa shape index (κ2) is 5.49. The maximum atomic E-state index is 11.1. The molecule has 0 bridgehead atoms. The van der Waals surface area contributed by atoms with Crippen LogP contribution < -0.4 is 0 Å². The molecule has 1 N–H and O–H groups in total. The van der Waals surface area contributed by atoms with Crippen molar-refractivity contribution < 1.29 is 9.90 Å². The first kappa shape index (κ1) is 14.9. The third kappa shape index (κ3) is 2.99. The van der Waals surface area contributed by atoms with Gasteiger partial charge in [-0.25, -0.2) is 4.68 Å². The number of aliphatic carboxylic acids is 1. The molecule has 2 aromatic heterocycles. The Labute approximate surface area is 125 Å². The minimum Gasteiger partial charge on any atom is -0.481 e. The molecule has 2 heterocycles. The van der Waals surface area contributed by atoms with Gasteiger partial charge in [-0.2, -0.15) is 0 Å². The Hall–Kier alpha value is -1.47. The monoisotopic (exact) mass is 314 g/mol. The SMILES string of the molecule is CC(C)(C)C(CC(=O)O)n1nnnc1-c1sccc1Cl. The highest BCUT2D eigenvalue weighted by molar-refractivity contribution is 7.14. The van der Waals surface area contributed by atoms with Gasteiger partial charge in [0.15, 0.2) is 5.82 Å². The molecule has 2 aromatic rings. The fourth-order valence-electron chi connectivity index (χ4n) is 1.93. The van der Waals surface area contributed by atoms with Crippen molar-refractivity contribution in [3.8, 4) is 10.7 Å². The van der Waals surface area contributed by atoms with Crippen LogP contribution in [-0.2, 0) is 4.79 Å². The lowest BCUT2D eigenvalue weighted by Crippen LogP contribution is -2.28. The summed E-state index contributed by atoms with van der Waals surface area (Å²) in [6.07, 6.45) is -0.0511. The molecule has 108 valence electrons. The second-order valence-corrected chi connectivity index (χ2v) is 6.85. The van der Waals surface area contributed by atoms with E-state index in [1.807, 2.05) is 26.2 Å². The minimum atomic E-state index is -0.886. The zero-order valence-corrected chi connectivity index (χ0v) is 12.9. The number of aromatic nitrogens is 4. The summed E-state index contributed by atoms with van der Waals surface area (Å²) < 4.78 is 1.56. The van der Waals surface area contributed by atoms with Crippen LogP contribution in [-0.4, -0.2) is 31.3 Å². The topological polar surface area (TPSA) is 80.9 Å². The van der Waals surface area contributed by atoms with Gasteiger partial charge >= 0.3 is 5.97 Å². The van der Waals surface area contributed by atoms with Crippen molar-refractivity contribution in [3.05, 3.63) is 16.5 Å². The second-order valence-electron chi connectivity index (χ2n) is 5.52. The lowest BCUT2D eigenvalue weighted by Gasteiger charge is -2.29. The number of carboxylic acid groups (broad SMARTS) is 1. The summed E-state index contributed by atoms with van der Waals surface area (Å²) in [4.78, 5) is 11.9. The first-order valence-corrected chi connectivity index (χ1v) is 7.29. The van der Waals surface area contributed by atoms with E-state index in [2.05, 4.69) is 15.5 Å². The van der Waals surface area contributed by atoms with Gasteiger partial charge in [-0.3, -0.25) is 4.79 Å². The van der Waals surface area contributed by atoms with E-state index in [4.69, 9.17) is 16.7 Å². The van der Waals surface area contributed by atoms with E-state index in [1.54, 1.807) is 10.7 Å². The predicted octanol–water partition coefficient (Wildman–Crippen LogP) is 3.12. The molecule has 0 radical (unpaired) electrons. The molecule has 0 saturated carbocycles. The smallest absolute Gasteiger partial charge is 0.305 e. The first-order valence-electron chi connectivity index (χ1n) is 6.03. The molecular weight excluding hydrogens is 300 g/mol. The summed E-state index contributed by atoms with van der Waals surface area (Å²) in [7, 11) is 0. The molecule has 0 saturated heterocycles. The number of tetrazole rings is 1. The van der Waals surface area contributed by atoms with Crippen LogP contribution in [0.3, 0.4) is 0 Å². The van der Waals surface area contributed by atoms with Crippen LogP contribution in [0.15, 0.2) is 11.4 Å². The number of rotatable bonds is 4. The predicted molar refractivity (Wildman–Crippen MR) is 76.9 cm³/mol. The summed E-state index contributed by atoms with van der Waals surface area (Å²) in [5.74, 6) is -0.380. The standard InChI is InChI=1S/C12H15ClN4O2S/c1-12(2,3)8(6-9(18)19)17-11(14-15-16-17)10-7(13)4-5-20-10/h4-5,8H,6H2,1-3H3,(H,18,19). The van der Waals surface area contributed by atoms with E-state index < -0.39 is 5.97 Å². The normalized spacial score (nSPS) is 13.4. The Morgan fingerprint density at radius 1 is 1.55 bits per heavy atom. The van der Waals surface area contributed by atoms with Crippen molar-refractivity contribution in [3.63, 3.8) is 0 Å². The van der Waals surface area contributed by atoms with Crippen molar-refractivity contribution >= 4 is 28.9 Å². The number of carbonyl (C=O) groups is 1. The van der Waals surface area contributed by atoms with Gasteiger partial charge in [0.25, 0.3) is 0 Å². The lowest BCUT2D eigenvalue weighted by molar-refractivity contribution is -0.138. The Morgan fingerprint density at radius 3 is 2.75 bits per heavy atom. The van der Waals surface area contributed by atoms with Gasteiger partial charge in [-0.05, 0) is 27.3 Å². The van der Waals surface area contributed by atoms with Crippen LogP contribution in [0.4, 0.5) is 0 Å². The highest BCUT2D eigenvalue weighted by Gasteiger charge is 2.32. The van der Waals surface area contributed by atoms with Gasteiger partial charge in [0.2, 0.25) is 0 Å². The van der Waals surface area contributed by atoms with Gasteiger partial charge in [0.1, 0.15) is 0 Å². The number of thiophene rings is 1. The summed E-state index contributed by atoms with van der Waals surface area (Å²) in [5, 5.41) is 23.2. The van der Waals surface area contributed by atoms with E-state index in [-0.39, 0.29) is 17.9 Å². The van der Waals surface area contributed by atoms with Crippen LogP contribution >= 0.6 is 22.9 Å². The average molecular weight is 315 g/mol. The van der Waals surface area contributed by atoms with Gasteiger partial charge in [-0.1, -0.05) is 32.4 Å². The van der Waals surface area contributed by atoms with E-state index in [1.165, 1.54) is 11.3 Å². The molecule has 20 heavy (non-hydrogen) atoms. The van der Waals surface area contributed by atoms with Crippen molar-refractivity contribution in [1.82, 2.24) is 20.2 Å². The van der Waals surface area contributed by atoms with Crippen LogP contribution in [0.1, 0.15) is 33.2 Å². The zero-order chi connectivity index (χ0) is 14.9. The van der Waals surface area contributed by atoms with Crippen LogP contribution in [0.25, 0.3) is 10.7 Å². The Balaban J connectivity index is 2.48. The molecular formula is C12H15ClN4O2S. The number of halogens is 1. The Morgan fingerprint density at radius 2 is 2.25 bits per heavy atom. The molecule has 6 nitrogen and oxygen atoms in total. The van der Waals surface area contributed by atoms with Crippen molar-refractivity contribution in [2.24, 2.45) is 5.41 Å². The van der Waals surface area contributed by atoms with E-state index >= 15 is 0 Å². The molecule has 1 unspecified atom stereocenters. The largest absolute Gasteiger partial charge is 0.481 e.